The van der Waals surface area contributed by atoms with E-state index in [1.165, 1.54) is 12.8 Å². The van der Waals surface area contributed by atoms with Crippen molar-refractivity contribution in [2.45, 2.75) is 70.4 Å². The SMILES string of the molecule is CC(NCC1CCC(C(=O)O)CC1)C(=O)NC1CCCC1. The molecule has 0 saturated heterocycles. The summed E-state index contributed by atoms with van der Waals surface area (Å²) in [5, 5.41) is 15.4. The van der Waals surface area contributed by atoms with E-state index < -0.39 is 5.97 Å². The fourth-order valence-electron chi connectivity index (χ4n) is 3.45. The quantitative estimate of drug-likeness (QED) is 0.699. The molecule has 5 heteroatoms. The predicted octanol–water partition coefficient (Wildman–Crippen LogP) is 1.91. The number of rotatable bonds is 6. The van der Waals surface area contributed by atoms with Gasteiger partial charge in [-0.05, 0) is 57.9 Å². The van der Waals surface area contributed by atoms with Crippen LogP contribution in [0, 0.1) is 11.8 Å². The van der Waals surface area contributed by atoms with Gasteiger partial charge in [0.15, 0.2) is 0 Å². The van der Waals surface area contributed by atoms with Gasteiger partial charge in [-0.3, -0.25) is 9.59 Å². The van der Waals surface area contributed by atoms with Crippen LogP contribution in [-0.2, 0) is 9.59 Å². The molecule has 2 saturated carbocycles. The van der Waals surface area contributed by atoms with Crippen molar-refractivity contribution in [2.24, 2.45) is 11.8 Å². The van der Waals surface area contributed by atoms with Crippen molar-refractivity contribution in [1.82, 2.24) is 10.6 Å². The maximum Gasteiger partial charge on any atom is 0.306 e. The van der Waals surface area contributed by atoms with Crippen LogP contribution < -0.4 is 10.6 Å². The van der Waals surface area contributed by atoms with Gasteiger partial charge >= 0.3 is 5.97 Å². The third-order valence-corrected chi connectivity index (χ3v) is 5.00. The molecule has 0 heterocycles. The molecule has 2 fully saturated rings. The summed E-state index contributed by atoms with van der Waals surface area (Å²) in [5.41, 5.74) is 0. The highest BCUT2D eigenvalue weighted by atomic mass is 16.4. The average Bonchev–Trinajstić information content (AvgIpc) is 2.98. The summed E-state index contributed by atoms with van der Waals surface area (Å²) in [7, 11) is 0. The molecule has 1 unspecified atom stereocenters. The number of carbonyl (C=O) groups excluding carboxylic acids is 1. The number of amides is 1. The molecular weight excluding hydrogens is 268 g/mol. The zero-order valence-corrected chi connectivity index (χ0v) is 12.9. The molecule has 1 atom stereocenters. The van der Waals surface area contributed by atoms with Gasteiger partial charge in [0.05, 0.1) is 12.0 Å². The summed E-state index contributed by atoms with van der Waals surface area (Å²) >= 11 is 0. The van der Waals surface area contributed by atoms with Crippen LogP contribution in [0.3, 0.4) is 0 Å². The summed E-state index contributed by atoms with van der Waals surface area (Å²) in [6.45, 7) is 2.72. The molecule has 5 nitrogen and oxygen atoms in total. The Balaban J connectivity index is 1.63. The van der Waals surface area contributed by atoms with Crippen LogP contribution in [0.2, 0.25) is 0 Å². The number of carboxylic acid groups (broad SMARTS) is 1. The molecule has 2 aliphatic carbocycles. The van der Waals surface area contributed by atoms with Gasteiger partial charge in [-0.2, -0.15) is 0 Å². The molecular formula is C16H28N2O3. The lowest BCUT2D eigenvalue weighted by Gasteiger charge is -2.27. The van der Waals surface area contributed by atoms with Crippen LogP contribution >= 0.6 is 0 Å². The van der Waals surface area contributed by atoms with E-state index in [1.54, 1.807) is 0 Å². The smallest absolute Gasteiger partial charge is 0.306 e. The second-order valence-electron chi connectivity index (χ2n) is 6.68. The summed E-state index contributed by atoms with van der Waals surface area (Å²) in [4.78, 5) is 23.0. The van der Waals surface area contributed by atoms with Gasteiger partial charge in [0.2, 0.25) is 5.91 Å². The van der Waals surface area contributed by atoms with Gasteiger partial charge in [0.1, 0.15) is 0 Å². The van der Waals surface area contributed by atoms with E-state index in [2.05, 4.69) is 10.6 Å². The Morgan fingerprint density at radius 2 is 1.71 bits per heavy atom. The first-order valence-electron chi connectivity index (χ1n) is 8.33. The molecule has 3 N–H and O–H groups in total. The van der Waals surface area contributed by atoms with Gasteiger partial charge in [0, 0.05) is 6.04 Å². The predicted molar refractivity (Wildman–Crippen MR) is 80.9 cm³/mol. The van der Waals surface area contributed by atoms with Crippen molar-refractivity contribution in [3.8, 4) is 0 Å². The van der Waals surface area contributed by atoms with E-state index in [4.69, 9.17) is 5.11 Å². The second kappa shape index (κ2) is 7.78. The fraction of sp³-hybridized carbons (Fsp3) is 0.875. The van der Waals surface area contributed by atoms with Crippen molar-refractivity contribution in [1.29, 1.82) is 0 Å². The minimum Gasteiger partial charge on any atom is -0.481 e. The molecule has 21 heavy (non-hydrogen) atoms. The monoisotopic (exact) mass is 296 g/mol. The molecule has 0 aliphatic heterocycles. The van der Waals surface area contributed by atoms with Crippen LogP contribution in [-0.4, -0.2) is 35.6 Å². The fourth-order valence-corrected chi connectivity index (χ4v) is 3.45. The zero-order valence-electron chi connectivity index (χ0n) is 12.9. The minimum atomic E-state index is -0.661. The zero-order chi connectivity index (χ0) is 15.2. The third kappa shape index (κ3) is 4.99. The Morgan fingerprint density at radius 3 is 2.29 bits per heavy atom. The van der Waals surface area contributed by atoms with E-state index >= 15 is 0 Å². The molecule has 0 aromatic rings. The van der Waals surface area contributed by atoms with Crippen molar-refractivity contribution in [3.05, 3.63) is 0 Å². The van der Waals surface area contributed by atoms with Crippen LogP contribution in [0.4, 0.5) is 0 Å². The number of carboxylic acids is 1. The lowest BCUT2D eigenvalue weighted by Crippen LogP contribution is -2.47. The Hall–Kier alpha value is -1.10. The number of hydrogen-bond donors (Lipinski definition) is 3. The molecule has 0 aromatic heterocycles. The molecule has 1 amide bonds. The van der Waals surface area contributed by atoms with Crippen LogP contribution in [0.15, 0.2) is 0 Å². The highest BCUT2D eigenvalue weighted by molar-refractivity contribution is 5.81. The van der Waals surface area contributed by atoms with Gasteiger partial charge in [0.25, 0.3) is 0 Å². The minimum absolute atomic E-state index is 0.0983. The molecule has 0 bridgehead atoms. The number of aliphatic carboxylic acids is 1. The van der Waals surface area contributed by atoms with Crippen LogP contribution in [0.1, 0.15) is 58.3 Å². The van der Waals surface area contributed by atoms with Gasteiger partial charge < -0.3 is 15.7 Å². The molecule has 0 aromatic carbocycles. The van der Waals surface area contributed by atoms with E-state index in [9.17, 15) is 9.59 Å². The number of nitrogens with one attached hydrogen (secondary N) is 2. The first-order chi connectivity index (χ1) is 10.1. The van der Waals surface area contributed by atoms with Crippen molar-refractivity contribution < 1.29 is 14.7 Å². The van der Waals surface area contributed by atoms with Crippen molar-refractivity contribution in [2.75, 3.05) is 6.54 Å². The van der Waals surface area contributed by atoms with Crippen LogP contribution in [0.25, 0.3) is 0 Å². The van der Waals surface area contributed by atoms with E-state index in [1.807, 2.05) is 6.92 Å². The molecule has 2 aliphatic rings. The standard InChI is InChI=1S/C16H28N2O3/c1-11(15(19)18-14-4-2-3-5-14)17-10-12-6-8-13(9-7-12)16(20)21/h11-14,17H,2-10H2,1H3,(H,18,19)(H,20,21). The largest absolute Gasteiger partial charge is 0.481 e. The summed E-state index contributed by atoms with van der Waals surface area (Å²) in [6, 6.07) is 0.204. The van der Waals surface area contributed by atoms with Crippen molar-refractivity contribution in [3.63, 3.8) is 0 Å². The normalized spacial score (nSPS) is 28.2. The Morgan fingerprint density at radius 1 is 1.10 bits per heavy atom. The average molecular weight is 296 g/mol. The maximum atomic E-state index is 12.1. The van der Waals surface area contributed by atoms with E-state index in [0.29, 0.717) is 12.0 Å². The Bertz CT molecular complexity index is 359. The first-order valence-corrected chi connectivity index (χ1v) is 8.33. The highest BCUT2D eigenvalue weighted by Crippen LogP contribution is 2.28. The third-order valence-electron chi connectivity index (χ3n) is 5.00. The molecule has 120 valence electrons. The van der Waals surface area contributed by atoms with Crippen LogP contribution in [0.5, 0.6) is 0 Å². The Kier molecular flexibility index (Phi) is 6.03. The number of carbonyl (C=O) groups is 2. The summed E-state index contributed by atoms with van der Waals surface area (Å²) in [5.74, 6) is -0.224. The van der Waals surface area contributed by atoms with Gasteiger partial charge in [-0.1, -0.05) is 12.8 Å². The lowest BCUT2D eigenvalue weighted by atomic mass is 9.82. The van der Waals surface area contributed by atoms with Gasteiger partial charge in [-0.15, -0.1) is 0 Å². The highest BCUT2D eigenvalue weighted by Gasteiger charge is 2.26. The van der Waals surface area contributed by atoms with Gasteiger partial charge in [-0.25, -0.2) is 0 Å². The van der Waals surface area contributed by atoms with Crippen molar-refractivity contribution >= 4 is 11.9 Å². The first kappa shape index (κ1) is 16.3. The second-order valence-corrected chi connectivity index (χ2v) is 6.68. The molecule has 0 spiro atoms. The lowest BCUT2D eigenvalue weighted by molar-refractivity contribution is -0.143. The summed E-state index contributed by atoms with van der Waals surface area (Å²) in [6.07, 6.45) is 8.09. The summed E-state index contributed by atoms with van der Waals surface area (Å²) < 4.78 is 0. The molecule has 2 rings (SSSR count). The molecule has 0 radical (unpaired) electrons. The van der Waals surface area contributed by atoms with E-state index in [-0.39, 0.29) is 17.9 Å². The number of hydrogen-bond acceptors (Lipinski definition) is 3. The Labute approximate surface area is 126 Å². The maximum absolute atomic E-state index is 12.1. The van der Waals surface area contributed by atoms with E-state index in [0.717, 1.165) is 45.1 Å². The topological polar surface area (TPSA) is 78.4 Å².